The summed E-state index contributed by atoms with van der Waals surface area (Å²) < 4.78 is 6.07. The zero-order valence-corrected chi connectivity index (χ0v) is 15.4. The first-order chi connectivity index (χ1) is 12.4. The number of methoxy groups -OCH3 is 1. The van der Waals surface area contributed by atoms with E-state index in [-0.39, 0.29) is 12.2 Å². The number of carbonyl (C=O) groups is 2. The molecular weight excluding hydrogens is 379 g/mol. The van der Waals surface area contributed by atoms with Crippen LogP contribution in [-0.4, -0.2) is 40.3 Å². The first-order valence-electron chi connectivity index (χ1n) is 7.54. The number of carbonyl (C=O) groups excluding carboxylic acids is 2. The summed E-state index contributed by atoms with van der Waals surface area (Å²) in [6.45, 7) is -0.253. The molecule has 26 heavy (non-hydrogen) atoms. The maximum atomic E-state index is 12.4. The van der Waals surface area contributed by atoms with E-state index in [4.69, 9.17) is 23.2 Å². The number of hydrogen-bond acceptors (Lipinski definition) is 5. The molecule has 0 spiro atoms. The Morgan fingerprint density at radius 3 is 2.69 bits per heavy atom. The molecule has 0 saturated heterocycles. The van der Waals surface area contributed by atoms with Crippen molar-refractivity contribution in [3.63, 3.8) is 0 Å². The van der Waals surface area contributed by atoms with Gasteiger partial charge in [0, 0.05) is 28.0 Å². The van der Waals surface area contributed by atoms with E-state index in [2.05, 4.69) is 20.1 Å². The summed E-state index contributed by atoms with van der Waals surface area (Å²) in [5.41, 5.74) is 2.02. The second-order valence-electron chi connectivity index (χ2n) is 5.44. The molecule has 3 rings (SSSR count). The summed E-state index contributed by atoms with van der Waals surface area (Å²) in [5.74, 6) is -1.06. The predicted octanol–water partition coefficient (Wildman–Crippen LogP) is 2.84. The molecule has 0 aliphatic heterocycles. The van der Waals surface area contributed by atoms with Crippen LogP contribution >= 0.6 is 23.2 Å². The topological polar surface area (TPSA) is 86.1 Å². The number of hydrogen-bond donors (Lipinski definition) is 1. The minimum Gasteiger partial charge on any atom is -0.468 e. The van der Waals surface area contributed by atoms with Crippen molar-refractivity contribution in [3.05, 3.63) is 46.2 Å². The van der Waals surface area contributed by atoms with Crippen molar-refractivity contribution < 1.29 is 14.3 Å². The molecule has 0 radical (unpaired) electrons. The lowest BCUT2D eigenvalue weighted by Crippen LogP contribution is -2.30. The van der Waals surface area contributed by atoms with Crippen molar-refractivity contribution in [1.82, 2.24) is 20.1 Å². The number of esters is 1. The molecule has 1 amide bonds. The highest BCUT2D eigenvalue weighted by molar-refractivity contribution is 6.36. The Bertz CT molecular complexity index is 1020. The van der Waals surface area contributed by atoms with Crippen LogP contribution < -0.4 is 5.32 Å². The number of pyridine rings is 1. The average Bonchev–Trinajstić information content (AvgIpc) is 3.00. The van der Waals surface area contributed by atoms with E-state index in [9.17, 15) is 9.59 Å². The third-order valence-electron chi connectivity index (χ3n) is 3.78. The van der Waals surface area contributed by atoms with Gasteiger partial charge in [-0.05, 0) is 23.8 Å². The molecule has 0 unspecified atom stereocenters. The fourth-order valence-corrected chi connectivity index (χ4v) is 2.99. The molecule has 134 valence electrons. The van der Waals surface area contributed by atoms with Crippen LogP contribution in [0.1, 0.15) is 10.5 Å². The van der Waals surface area contributed by atoms with Gasteiger partial charge in [0.05, 0.1) is 13.3 Å². The molecule has 0 bridgehead atoms. The van der Waals surface area contributed by atoms with E-state index in [0.717, 1.165) is 5.39 Å². The first-order valence-corrected chi connectivity index (χ1v) is 8.29. The van der Waals surface area contributed by atoms with E-state index in [0.29, 0.717) is 26.8 Å². The van der Waals surface area contributed by atoms with Gasteiger partial charge in [0.2, 0.25) is 0 Å². The van der Waals surface area contributed by atoms with E-state index in [1.54, 1.807) is 42.2 Å². The number of halogens is 2. The quantitative estimate of drug-likeness (QED) is 0.689. The van der Waals surface area contributed by atoms with Crippen LogP contribution in [0.2, 0.25) is 10.0 Å². The molecule has 0 saturated carbocycles. The second kappa shape index (κ2) is 7.31. The van der Waals surface area contributed by atoms with Gasteiger partial charge in [0.15, 0.2) is 5.65 Å². The molecule has 9 heteroatoms. The summed E-state index contributed by atoms with van der Waals surface area (Å²) >= 11 is 12.3. The monoisotopic (exact) mass is 392 g/mol. The van der Waals surface area contributed by atoms with Gasteiger partial charge in [-0.25, -0.2) is 4.98 Å². The zero-order chi connectivity index (χ0) is 18.8. The van der Waals surface area contributed by atoms with Crippen molar-refractivity contribution in [2.45, 2.75) is 0 Å². The van der Waals surface area contributed by atoms with Crippen LogP contribution in [0.5, 0.6) is 0 Å². The van der Waals surface area contributed by atoms with Crippen molar-refractivity contribution in [2.24, 2.45) is 7.05 Å². The summed E-state index contributed by atoms with van der Waals surface area (Å²) in [7, 11) is 2.97. The third-order valence-corrected chi connectivity index (χ3v) is 4.33. The summed E-state index contributed by atoms with van der Waals surface area (Å²) in [6.07, 6.45) is 1.65. The molecule has 7 nitrogen and oxygen atoms in total. The Hall–Kier alpha value is -2.64. The normalized spacial score (nSPS) is 10.8. The molecule has 2 aromatic heterocycles. The second-order valence-corrected chi connectivity index (χ2v) is 6.29. The largest absolute Gasteiger partial charge is 0.468 e. The molecule has 1 aromatic carbocycles. The van der Waals surface area contributed by atoms with E-state index < -0.39 is 11.9 Å². The van der Waals surface area contributed by atoms with Gasteiger partial charge in [-0.15, -0.1) is 0 Å². The van der Waals surface area contributed by atoms with Crippen LogP contribution in [0.3, 0.4) is 0 Å². The lowest BCUT2D eigenvalue weighted by molar-refractivity contribution is -0.139. The number of ether oxygens (including phenoxy) is 1. The minimum absolute atomic E-state index is 0.131. The van der Waals surface area contributed by atoms with Crippen LogP contribution in [0.4, 0.5) is 0 Å². The molecule has 3 aromatic rings. The molecule has 0 fully saturated rings. The number of nitrogens with zero attached hydrogens (tertiary/aromatic N) is 3. The summed E-state index contributed by atoms with van der Waals surface area (Å²) in [6, 6.07) is 6.70. The first kappa shape index (κ1) is 18.2. The predicted molar refractivity (Wildman–Crippen MR) is 98.3 cm³/mol. The van der Waals surface area contributed by atoms with Crippen molar-refractivity contribution in [1.29, 1.82) is 0 Å². The molecule has 0 atom stereocenters. The van der Waals surface area contributed by atoms with E-state index in [1.165, 1.54) is 7.11 Å². The number of fused-ring (bicyclic) bond motifs is 1. The average molecular weight is 393 g/mol. The Kier molecular flexibility index (Phi) is 5.11. The Morgan fingerprint density at radius 2 is 2.00 bits per heavy atom. The van der Waals surface area contributed by atoms with Gasteiger partial charge >= 0.3 is 5.97 Å². The maximum Gasteiger partial charge on any atom is 0.325 e. The van der Waals surface area contributed by atoms with Gasteiger partial charge in [-0.2, -0.15) is 5.10 Å². The Balaban J connectivity index is 2.10. The summed E-state index contributed by atoms with van der Waals surface area (Å²) in [4.78, 5) is 28.0. The highest BCUT2D eigenvalue weighted by atomic mass is 35.5. The smallest absolute Gasteiger partial charge is 0.325 e. The van der Waals surface area contributed by atoms with E-state index in [1.807, 2.05) is 0 Å². The Morgan fingerprint density at radius 1 is 1.23 bits per heavy atom. The number of aromatic nitrogens is 3. The van der Waals surface area contributed by atoms with E-state index >= 15 is 0 Å². The van der Waals surface area contributed by atoms with Gasteiger partial charge in [0.25, 0.3) is 5.91 Å². The third kappa shape index (κ3) is 3.49. The zero-order valence-electron chi connectivity index (χ0n) is 13.9. The van der Waals surface area contributed by atoms with Crippen LogP contribution in [0, 0.1) is 0 Å². The fraction of sp³-hybridized carbons (Fsp3) is 0.176. The highest BCUT2D eigenvalue weighted by Gasteiger charge is 2.18. The molecule has 0 aliphatic rings. The van der Waals surface area contributed by atoms with Crippen LogP contribution in [0.15, 0.2) is 30.5 Å². The highest BCUT2D eigenvalue weighted by Crippen LogP contribution is 2.34. The standard InChI is InChI=1S/C17H14Cl2N4O3/c1-23-16-12(7-21-23)11(10-4-3-9(18)5-13(10)19)6-14(22-16)17(25)20-8-15(24)26-2/h3-7H,8H2,1-2H3,(H,20,25). The summed E-state index contributed by atoms with van der Waals surface area (Å²) in [5, 5.41) is 8.35. The molecule has 0 aliphatic carbocycles. The SMILES string of the molecule is COC(=O)CNC(=O)c1cc(-c2ccc(Cl)cc2Cl)c2cnn(C)c2n1. The van der Waals surface area contributed by atoms with Gasteiger partial charge in [0.1, 0.15) is 12.2 Å². The molecular formula is C17H14Cl2N4O3. The van der Waals surface area contributed by atoms with Gasteiger partial charge in [-0.1, -0.05) is 29.3 Å². The maximum absolute atomic E-state index is 12.4. The van der Waals surface area contributed by atoms with Crippen molar-refractivity contribution in [2.75, 3.05) is 13.7 Å². The lowest BCUT2D eigenvalue weighted by Gasteiger charge is -2.10. The fourth-order valence-electron chi connectivity index (χ4n) is 2.48. The number of amides is 1. The van der Waals surface area contributed by atoms with Crippen LogP contribution in [-0.2, 0) is 16.6 Å². The number of aryl methyl sites for hydroxylation is 1. The van der Waals surface area contributed by atoms with Crippen molar-refractivity contribution >= 4 is 46.1 Å². The molecule has 2 heterocycles. The van der Waals surface area contributed by atoms with Gasteiger partial charge < -0.3 is 10.1 Å². The number of nitrogens with one attached hydrogen (secondary N) is 1. The van der Waals surface area contributed by atoms with Gasteiger partial charge in [-0.3, -0.25) is 14.3 Å². The van der Waals surface area contributed by atoms with Crippen molar-refractivity contribution in [3.8, 4) is 11.1 Å². The Labute approximate surface area is 158 Å². The number of rotatable bonds is 4. The minimum atomic E-state index is -0.555. The van der Waals surface area contributed by atoms with Crippen LogP contribution in [0.25, 0.3) is 22.2 Å². The molecule has 1 N–H and O–H groups in total. The number of benzene rings is 1. The lowest BCUT2D eigenvalue weighted by atomic mass is 10.0.